The number of nitrogens with two attached hydrogens (primary N) is 2. The van der Waals surface area contributed by atoms with Crippen molar-refractivity contribution >= 4 is 39.9 Å². The summed E-state index contributed by atoms with van der Waals surface area (Å²) in [4.78, 5) is 15.9. The maximum absolute atomic E-state index is 14.8. The zero-order chi connectivity index (χ0) is 24.0. The third-order valence-electron chi connectivity index (χ3n) is 5.39. The number of halogens is 3. The number of aromatic nitrogens is 4. The van der Waals surface area contributed by atoms with E-state index in [2.05, 4.69) is 19.9 Å². The molecule has 11 heteroatoms. The second kappa shape index (κ2) is 7.96. The Balaban J connectivity index is 1.88. The number of hydrogen-bond donors (Lipinski definition) is 3. The average molecular weight is 460 g/mol. The Bertz CT molecular complexity index is 1640. The third-order valence-corrected chi connectivity index (χ3v) is 5.39. The molecule has 0 atom stereocenters. The highest BCUT2D eigenvalue weighted by Gasteiger charge is 2.19. The molecule has 0 saturated carbocycles. The largest absolute Gasteiger partial charge is 0.383 e. The molecule has 0 saturated heterocycles. The van der Waals surface area contributed by atoms with Crippen molar-refractivity contribution < 1.29 is 13.2 Å². The van der Waals surface area contributed by atoms with Crippen molar-refractivity contribution in [3.8, 4) is 16.8 Å². The molecule has 8 nitrogen and oxygen atoms in total. The van der Waals surface area contributed by atoms with Gasteiger partial charge >= 0.3 is 0 Å². The Morgan fingerprint density at radius 2 is 1.74 bits per heavy atom. The fourth-order valence-electron chi connectivity index (χ4n) is 3.86. The van der Waals surface area contributed by atoms with Crippen LogP contribution in [-0.2, 0) is 0 Å². The number of fused-ring (bicyclic) bond motifs is 2. The SMILES string of the molecule is N=CN=C(N)c1cc(-c2ccnc(N)c2F)cc2c1ncn2-c1ccnc2c(F)ccc(F)c12. The van der Waals surface area contributed by atoms with Crippen molar-refractivity contribution in [1.29, 1.82) is 5.41 Å². The Hall–Kier alpha value is -4.80. The molecule has 2 aromatic carbocycles. The molecule has 3 heterocycles. The van der Waals surface area contributed by atoms with Gasteiger partial charge in [-0.2, -0.15) is 0 Å². The van der Waals surface area contributed by atoms with Crippen LogP contribution in [0.3, 0.4) is 0 Å². The predicted octanol–water partition coefficient (Wildman–Crippen LogP) is 3.95. The zero-order valence-electron chi connectivity index (χ0n) is 17.3. The van der Waals surface area contributed by atoms with Crippen LogP contribution < -0.4 is 11.5 Å². The third kappa shape index (κ3) is 3.22. The van der Waals surface area contributed by atoms with Gasteiger partial charge in [0.15, 0.2) is 11.6 Å². The van der Waals surface area contributed by atoms with E-state index in [0.29, 0.717) is 22.2 Å². The number of aliphatic imine (C=N–C) groups is 1. The molecule has 0 spiro atoms. The van der Waals surface area contributed by atoms with Gasteiger partial charge in [0, 0.05) is 23.5 Å². The summed E-state index contributed by atoms with van der Waals surface area (Å²) in [5, 5.41) is 7.21. The number of nitrogens with zero attached hydrogens (tertiary/aromatic N) is 5. The molecule has 5 rings (SSSR count). The molecule has 5 aromatic rings. The van der Waals surface area contributed by atoms with Gasteiger partial charge in [0.1, 0.15) is 35.7 Å². The summed E-state index contributed by atoms with van der Waals surface area (Å²) in [6.45, 7) is 0. The predicted molar refractivity (Wildman–Crippen MR) is 123 cm³/mol. The average Bonchev–Trinajstić information content (AvgIpc) is 3.26. The first-order valence-electron chi connectivity index (χ1n) is 9.88. The van der Waals surface area contributed by atoms with Crippen LogP contribution in [0.25, 0.3) is 38.8 Å². The van der Waals surface area contributed by atoms with E-state index in [1.165, 1.54) is 35.4 Å². The van der Waals surface area contributed by atoms with E-state index in [-0.39, 0.29) is 33.8 Å². The molecule has 3 aromatic heterocycles. The van der Waals surface area contributed by atoms with Gasteiger partial charge in [0.25, 0.3) is 0 Å². The number of rotatable bonds is 4. The number of nitrogen functional groups attached to an aromatic ring is 1. The van der Waals surface area contributed by atoms with E-state index in [1.54, 1.807) is 12.1 Å². The van der Waals surface area contributed by atoms with Gasteiger partial charge in [0.2, 0.25) is 0 Å². The molecule has 0 aliphatic rings. The number of hydrogen-bond acceptors (Lipinski definition) is 5. The molecule has 0 unspecified atom stereocenters. The van der Waals surface area contributed by atoms with Gasteiger partial charge in [-0.3, -0.25) is 15.0 Å². The second-order valence-corrected chi connectivity index (χ2v) is 7.29. The lowest BCUT2D eigenvalue weighted by Gasteiger charge is -2.12. The standard InChI is InChI=1S/C23H15F3N8/c24-14-1-2-15(25)21-18(14)16(4-6-30-21)34-10-33-20-13(22(28)32-9-27)7-11(8-17(20)34)12-3-5-31-23(29)19(12)26/h1-10H,(H2,29,31)(H3,27,28,32). The normalized spacial score (nSPS) is 11.9. The highest BCUT2D eigenvalue weighted by molar-refractivity contribution is 6.11. The minimum atomic E-state index is -0.732. The van der Waals surface area contributed by atoms with Gasteiger partial charge in [-0.25, -0.2) is 28.1 Å². The molecule has 0 amide bonds. The van der Waals surface area contributed by atoms with E-state index in [4.69, 9.17) is 16.9 Å². The molecule has 34 heavy (non-hydrogen) atoms. The van der Waals surface area contributed by atoms with Crippen LogP contribution in [0, 0.1) is 22.9 Å². The minimum absolute atomic E-state index is 0.0358. The van der Waals surface area contributed by atoms with Crippen LogP contribution in [0.2, 0.25) is 0 Å². The summed E-state index contributed by atoms with van der Waals surface area (Å²) in [6, 6.07) is 8.15. The summed E-state index contributed by atoms with van der Waals surface area (Å²) < 4.78 is 45.5. The molecule has 0 aliphatic carbocycles. The van der Waals surface area contributed by atoms with Gasteiger partial charge in [-0.15, -0.1) is 0 Å². The molecule has 168 valence electrons. The first-order valence-corrected chi connectivity index (χ1v) is 9.88. The van der Waals surface area contributed by atoms with Crippen LogP contribution in [0.1, 0.15) is 5.56 Å². The smallest absolute Gasteiger partial charge is 0.173 e. The highest BCUT2D eigenvalue weighted by atomic mass is 19.1. The number of nitrogens with one attached hydrogen (secondary N) is 1. The van der Waals surface area contributed by atoms with Crippen molar-refractivity contribution in [2.24, 2.45) is 10.7 Å². The van der Waals surface area contributed by atoms with Crippen molar-refractivity contribution in [2.45, 2.75) is 0 Å². The molecule has 0 bridgehead atoms. The first kappa shape index (κ1) is 21.1. The Morgan fingerprint density at radius 1 is 0.971 bits per heavy atom. The van der Waals surface area contributed by atoms with E-state index in [1.807, 2.05) is 0 Å². The fourth-order valence-corrected chi connectivity index (χ4v) is 3.86. The topological polar surface area (TPSA) is 132 Å². The Labute approximate surface area is 189 Å². The van der Waals surface area contributed by atoms with Crippen LogP contribution in [0.15, 0.2) is 60.1 Å². The summed E-state index contributed by atoms with van der Waals surface area (Å²) >= 11 is 0. The number of pyridine rings is 2. The van der Waals surface area contributed by atoms with Crippen LogP contribution >= 0.6 is 0 Å². The van der Waals surface area contributed by atoms with E-state index in [9.17, 15) is 13.2 Å². The molecular weight excluding hydrogens is 445 g/mol. The Morgan fingerprint density at radius 3 is 2.53 bits per heavy atom. The van der Waals surface area contributed by atoms with Gasteiger partial charge in [-0.1, -0.05) is 0 Å². The fraction of sp³-hybridized carbons (Fsp3) is 0. The van der Waals surface area contributed by atoms with E-state index < -0.39 is 17.5 Å². The molecule has 0 aliphatic heterocycles. The maximum Gasteiger partial charge on any atom is 0.173 e. The molecule has 0 radical (unpaired) electrons. The molecular formula is C23H15F3N8. The van der Waals surface area contributed by atoms with E-state index in [0.717, 1.165) is 18.5 Å². The lowest BCUT2D eigenvalue weighted by molar-refractivity contribution is 0.615. The second-order valence-electron chi connectivity index (χ2n) is 7.29. The van der Waals surface area contributed by atoms with Crippen molar-refractivity contribution in [2.75, 3.05) is 5.73 Å². The van der Waals surface area contributed by atoms with Crippen molar-refractivity contribution in [3.63, 3.8) is 0 Å². The number of amidine groups is 1. The van der Waals surface area contributed by atoms with Gasteiger partial charge < -0.3 is 11.5 Å². The summed E-state index contributed by atoms with van der Waals surface area (Å²) in [5.41, 5.74) is 13.4. The van der Waals surface area contributed by atoms with Gasteiger partial charge in [-0.05, 0) is 42.0 Å². The van der Waals surface area contributed by atoms with Gasteiger partial charge in [0.05, 0.1) is 22.1 Å². The minimum Gasteiger partial charge on any atom is -0.383 e. The van der Waals surface area contributed by atoms with Crippen LogP contribution in [0.5, 0.6) is 0 Å². The summed E-state index contributed by atoms with van der Waals surface area (Å²) in [7, 11) is 0. The monoisotopic (exact) mass is 460 g/mol. The number of benzene rings is 2. The summed E-state index contributed by atoms with van der Waals surface area (Å²) in [5.74, 6) is -2.40. The van der Waals surface area contributed by atoms with Crippen LogP contribution in [0.4, 0.5) is 19.0 Å². The molecule has 5 N–H and O–H groups in total. The van der Waals surface area contributed by atoms with Crippen LogP contribution in [-0.4, -0.2) is 31.7 Å². The maximum atomic E-state index is 14.8. The van der Waals surface area contributed by atoms with Crippen molar-refractivity contribution in [1.82, 2.24) is 19.5 Å². The quantitative estimate of drug-likeness (QED) is 0.276. The highest BCUT2D eigenvalue weighted by Crippen LogP contribution is 2.33. The number of anilines is 1. The molecule has 0 fully saturated rings. The summed E-state index contributed by atoms with van der Waals surface area (Å²) in [6.07, 6.45) is 4.89. The first-order chi connectivity index (χ1) is 16.4. The number of imidazole rings is 1. The van der Waals surface area contributed by atoms with E-state index >= 15 is 0 Å². The lowest BCUT2D eigenvalue weighted by Crippen LogP contribution is -2.14. The zero-order valence-corrected chi connectivity index (χ0v) is 17.3. The lowest BCUT2D eigenvalue weighted by atomic mass is 10.0. The Kier molecular flexibility index (Phi) is 4.93. The van der Waals surface area contributed by atoms with Crippen molar-refractivity contribution in [3.05, 3.63) is 78.1 Å².